The molecular weight excluding hydrogens is 454 g/mol. The number of nitro groups is 1. The number of nitro benzene ring substituents is 1. The summed E-state index contributed by atoms with van der Waals surface area (Å²) >= 11 is 0. The van der Waals surface area contributed by atoms with Crippen LogP contribution in [-0.4, -0.2) is 25.8 Å². The van der Waals surface area contributed by atoms with E-state index in [0.29, 0.717) is 5.56 Å². The molecule has 1 N–H and O–H groups in total. The predicted molar refractivity (Wildman–Crippen MR) is 136 cm³/mol. The minimum absolute atomic E-state index is 0.0531. The van der Waals surface area contributed by atoms with E-state index in [0.717, 1.165) is 16.7 Å². The van der Waals surface area contributed by atoms with Crippen molar-refractivity contribution >= 4 is 11.7 Å². The van der Waals surface area contributed by atoms with E-state index in [-0.39, 0.29) is 16.9 Å². The summed E-state index contributed by atoms with van der Waals surface area (Å²) < 4.78 is 1.66. The summed E-state index contributed by atoms with van der Waals surface area (Å²) in [5.41, 5.74) is 1.95. The molecule has 0 amide bonds. The van der Waals surface area contributed by atoms with Gasteiger partial charge in [0.2, 0.25) is 0 Å². The lowest BCUT2D eigenvalue weighted by atomic mass is 9.77. The summed E-state index contributed by atoms with van der Waals surface area (Å²) in [5, 5.41) is 26.3. The molecule has 0 aliphatic rings. The second kappa shape index (κ2) is 9.31. The molecule has 0 radical (unpaired) electrons. The highest BCUT2D eigenvalue weighted by molar-refractivity contribution is 5.95. The van der Waals surface area contributed by atoms with Crippen molar-refractivity contribution in [3.05, 3.63) is 154 Å². The lowest BCUT2D eigenvalue weighted by molar-refractivity contribution is -0.384. The Balaban J connectivity index is 1.87. The lowest BCUT2D eigenvalue weighted by Gasteiger charge is -2.36. The van der Waals surface area contributed by atoms with Crippen molar-refractivity contribution in [3.63, 3.8) is 0 Å². The first-order valence-electron chi connectivity index (χ1n) is 11.3. The fourth-order valence-electron chi connectivity index (χ4n) is 4.62. The minimum Gasteiger partial charge on any atom is -0.478 e. The molecule has 0 unspecified atom stereocenters. The number of non-ortho nitro benzene ring substituents is 1. The van der Waals surface area contributed by atoms with E-state index in [4.69, 9.17) is 5.10 Å². The molecule has 7 nitrogen and oxygen atoms in total. The van der Waals surface area contributed by atoms with Crippen LogP contribution in [0.2, 0.25) is 0 Å². The molecule has 0 atom stereocenters. The Morgan fingerprint density at radius 2 is 1.28 bits per heavy atom. The summed E-state index contributed by atoms with van der Waals surface area (Å²) in [7, 11) is 0. The van der Waals surface area contributed by atoms with Gasteiger partial charge in [-0.3, -0.25) is 14.8 Å². The van der Waals surface area contributed by atoms with Gasteiger partial charge < -0.3 is 5.11 Å². The summed E-state index contributed by atoms with van der Waals surface area (Å²) in [4.78, 5) is 23.3. The zero-order valence-electron chi connectivity index (χ0n) is 19.1. The van der Waals surface area contributed by atoms with Gasteiger partial charge in [-0.15, -0.1) is 0 Å². The Hall–Kier alpha value is -5.04. The molecule has 0 aliphatic heterocycles. The van der Waals surface area contributed by atoms with Crippen molar-refractivity contribution in [2.45, 2.75) is 5.54 Å². The molecule has 5 rings (SSSR count). The van der Waals surface area contributed by atoms with Gasteiger partial charge in [-0.25, -0.2) is 4.79 Å². The first-order chi connectivity index (χ1) is 17.5. The maximum Gasteiger partial charge on any atom is 0.339 e. The molecule has 0 spiro atoms. The Morgan fingerprint density at radius 1 is 0.778 bits per heavy atom. The number of rotatable bonds is 7. The summed E-state index contributed by atoms with van der Waals surface area (Å²) in [5.74, 6) is -1.18. The van der Waals surface area contributed by atoms with E-state index in [1.807, 2.05) is 91.0 Å². The maximum absolute atomic E-state index is 12.4. The van der Waals surface area contributed by atoms with Gasteiger partial charge in [-0.05, 0) is 16.7 Å². The van der Waals surface area contributed by atoms with Gasteiger partial charge >= 0.3 is 5.97 Å². The van der Waals surface area contributed by atoms with Crippen LogP contribution in [0.3, 0.4) is 0 Å². The molecule has 176 valence electrons. The van der Waals surface area contributed by atoms with E-state index < -0.39 is 16.4 Å². The number of carboxylic acid groups (broad SMARTS) is 1. The van der Waals surface area contributed by atoms with Crippen LogP contribution in [0.15, 0.2) is 121 Å². The molecule has 0 aliphatic carbocycles. The predicted octanol–water partition coefficient (Wildman–Crippen LogP) is 6.00. The van der Waals surface area contributed by atoms with E-state index in [1.165, 1.54) is 24.4 Å². The fourth-order valence-corrected chi connectivity index (χ4v) is 4.62. The minimum atomic E-state index is -1.18. The Kier molecular flexibility index (Phi) is 5.88. The van der Waals surface area contributed by atoms with E-state index >= 15 is 0 Å². The summed E-state index contributed by atoms with van der Waals surface area (Å²) in [6.45, 7) is 0. The van der Waals surface area contributed by atoms with Crippen molar-refractivity contribution in [1.29, 1.82) is 0 Å². The standard InChI is InChI=1S/C29H21N3O4/c33-28(34)26-20-31(30-27(26)21-11-10-18-25(19-21)32(35)36)29(22-12-4-1-5-13-22,23-14-6-2-7-15-23)24-16-8-3-9-17-24/h1-20H,(H,33,34). The number of hydrogen-bond acceptors (Lipinski definition) is 4. The lowest BCUT2D eigenvalue weighted by Crippen LogP contribution is -2.38. The van der Waals surface area contributed by atoms with Crippen LogP contribution >= 0.6 is 0 Å². The highest BCUT2D eigenvalue weighted by atomic mass is 16.6. The van der Waals surface area contributed by atoms with Crippen LogP contribution in [-0.2, 0) is 5.54 Å². The molecule has 1 heterocycles. The zero-order valence-corrected chi connectivity index (χ0v) is 19.1. The average molecular weight is 476 g/mol. The molecule has 0 saturated carbocycles. The van der Waals surface area contributed by atoms with Crippen LogP contribution < -0.4 is 0 Å². The summed E-state index contributed by atoms with van der Waals surface area (Å²) in [6, 6.07) is 35.1. The van der Waals surface area contributed by atoms with Gasteiger partial charge in [0.15, 0.2) is 0 Å². The van der Waals surface area contributed by atoms with Gasteiger partial charge in [0.1, 0.15) is 16.8 Å². The third-order valence-electron chi connectivity index (χ3n) is 6.19. The molecule has 7 heteroatoms. The zero-order chi connectivity index (χ0) is 25.1. The van der Waals surface area contributed by atoms with Crippen LogP contribution in [0.1, 0.15) is 27.0 Å². The van der Waals surface area contributed by atoms with Crippen molar-refractivity contribution in [3.8, 4) is 11.3 Å². The van der Waals surface area contributed by atoms with Crippen molar-refractivity contribution in [2.24, 2.45) is 0 Å². The first-order valence-corrected chi connectivity index (χ1v) is 11.3. The molecule has 0 bridgehead atoms. The normalized spacial score (nSPS) is 11.2. The highest BCUT2D eigenvalue weighted by Gasteiger charge is 2.40. The molecule has 1 aromatic heterocycles. The van der Waals surface area contributed by atoms with Gasteiger partial charge in [0.05, 0.1) is 4.92 Å². The van der Waals surface area contributed by atoms with Gasteiger partial charge in [0.25, 0.3) is 5.69 Å². The number of nitrogens with zero attached hydrogens (tertiary/aromatic N) is 3. The van der Waals surface area contributed by atoms with Crippen LogP contribution in [0.4, 0.5) is 5.69 Å². The second-order valence-electron chi connectivity index (χ2n) is 8.26. The number of benzene rings is 4. The number of aromatic nitrogens is 2. The van der Waals surface area contributed by atoms with E-state index in [9.17, 15) is 20.0 Å². The molecule has 5 aromatic rings. The summed E-state index contributed by atoms with van der Waals surface area (Å²) in [6.07, 6.45) is 1.50. The van der Waals surface area contributed by atoms with Crippen molar-refractivity contribution < 1.29 is 14.8 Å². The SMILES string of the molecule is O=C(O)c1cn(C(c2ccccc2)(c2ccccc2)c2ccccc2)nc1-c1cccc([N+](=O)[O-])c1. The van der Waals surface area contributed by atoms with Crippen LogP contribution in [0, 0.1) is 10.1 Å². The molecule has 36 heavy (non-hydrogen) atoms. The third kappa shape index (κ3) is 3.82. The Morgan fingerprint density at radius 3 is 1.72 bits per heavy atom. The van der Waals surface area contributed by atoms with E-state index in [2.05, 4.69) is 0 Å². The molecule has 4 aromatic carbocycles. The number of carbonyl (C=O) groups is 1. The third-order valence-corrected chi connectivity index (χ3v) is 6.19. The van der Waals surface area contributed by atoms with Crippen LogP contribution in [0.25, 0.3) is 11.3 Å². The number of aromatic carboxylic acids is 1. The monoisotopic (exact) mass is 475 g/mol. The van der Waals surface area contributed by atoms with Gasteiger partial charge in [-0.1, -0.05) is 103 Å². The van der Waals surface area contributed by atoms with Gasteiger partial charge in [-0.2, -0.15) is 5.10 Å². The second-order valence-corrected chi connectivity index (χ2v) is 8.26. The molecule has 0 fully saturated rings. The number of carboxylic acids is 1. The Labute approximate surface area is 207 Å². The topological polar surface area (TPSA) is 98.3 Å². The van der Waals surface area contributed by atoms with Gasteiger partial charge in [0, 0.05) is 23.9 Å². The smallest absolute Gasteiger partial charge is 0.339 e. The average Bonchev–Trinajstić information content (AvgIpc) is 3.37. The maximum atomic E-state index is 12.4. The van der Waals surface area contributed by atoms with Crippen LogP contribution in [0.5, 0.6) is 0 Å². The fraction of sp³-hybridized carbons (Fsp3) is 0.0345. The van der Waals surface area contributed by atoms with E-state index in [1.54, 1.807) is 10.7 Å². The molecular formula is C29H21N3O4. The quantitative estimate of drug-likeness (QED) is 0.177. The van der Waals surface area contributed by atoms with Crippen molar-refractivity contribution in [1.82, 2.24) is 9.78 Å². The molecule has 0 saturated heterocycles. The first kappa shape index (κ1) is 22.7. The highest BCUT2D eigenvalue weighted by Crippen LogP contribution is 2.41. The largest absolute Gasteiger partial charge is 0.478 e. The number of hydrogen-bond donors (Lipinski definition) is 1. The Bertz CT molecular complexity index is 1430. The van der Waals surface area contributed by atoms with Crippen molar-refractivity contribution in [2.75, 3.05) is 0 Å².